The molecule has 1 unspecified atom stereocenters. The van der Waals surface area contributed by atoms with Gasteiger partial charge in [0.25, 0.3) is 0 Å². The molecule has 0 aliphatic rings. The zero-order chi connectivity index (χ0) is 31.4. The van der Waals surface area contributed by atoms with Gasteiger partial charge in [0.1, 0.15) is 17.7 Å². The standard InChI is InChI=1S/C36H37FO7/c1-3-4-5-6-11-28(2)43-35(38)32-18-22-34(23-19-32)44-36(39)31-14-12-29(13-15-31)30-16-20-33(21-17-30)40-25-9-10-27-42-41-26-8-7-24-37/h12-23,28H,3-6,9-11,25,27H2,1-2H3. The fourth-order valence-corrected chi connectivity index (χ4v) is 4.13. The average Bonchev–Trinajstić information content (AvgIpc) is 3.04. The maximum atomic E-state index is 12.7. The van der Waals surface area contributed by atoms with Crippen LogP contribution in [0.25, 0.3) is 11.1 Å². The van der Waals surface area contributed by atoms with Crippen molar-refractivity contribution >= 4 is 11.9 Å². The predicted octanol–water partition coefficient (Wildman–Crippen LogP) is 8.09. The van der Waals surface area contributed by atoms with Gasteiger partial charge in [-0.25, -0.2) is 9.59 Å². The second-order valence-electron chi connectivity index (χ2n) is 9.99. The Morgan fingerprint density at radius 1 is 0.727 bits per heavy atom. The van der Waals surface area contributed by atoms with E-state index >= 15 is 0 Å². The van der Waals surface area contributed by atoms with Crippen LogP contribution in [-0.4, -0.2) is 31.3 Å². The quantitative estimate of drug-likeness (QED) is 0.0387. The summed E-state index contributed by atoms with van der Waals surface area (Å²) in [5, 5.41) is 0. The lowest BCUT2D eigenvalue weighted by Gasteiger charge is -2.13. The van der Waals surface area contributed by atoms with Gasteiger partial charge in [-0.1, -0.05) is 50.5 Å². The third kappa shape index (κ3) is 12.2. The Kier molecular flexibility index (Phi) is 14.9. The highest BCUT2D eigenvalue weighted by Gasteiger charge is 2.14. The molecular weight excluding hydrogens is 563 g/mol. The van der Waals surface area contributed by atoms with Gasteiger partial charge in [0.15, 0.2) is 6.11 Å². The molecule has 0 aliphatic heterocycles. The van der Waals surface area contributed by atoms with Crippen LogP contribution < -0.4 is 9.47 Å². The molecule has 0 aromatic heterocycles. The smallest absolute Gasteiger partial charge is 0.343 e. The molecule has 8 heteroatoms. The molecule has 3 aromatic carbocycles. The Hall–Kier alpha value is -4.79. The number of unbranched alkanes of at least 4 members (excludes halogenated alkanes) is 4. The molecular formula is C36H37FO7. The van der Waals surface area contributed by atoms with Crippen molar-refractivity contribution in [3.63, 3.8) is 0 Å². The van der Waals surface area contributed by atoms with E-state index < -0.39 is 5.97 Å². The van der Waals surface area contributed by atoms with E-state index in [1.165, 1.54) is 12.8 Å². The Balaban J connectivity index is 1.40. The van der Waals surface area contributed by atoms with Crippen LogP contribution in [0.5, 0.6) is 11.5 Å². The first-order valence-corrected chi connectivity index (χ1v) is 14.8. The number of carbonyl (C=O) groups excluding carboxylic acids is 2. The third-order valence-electron chi connectivity index (χ3n) is 6.53. The van der Waals surface area contributed by atoms with E-state index in [1.807, 2.05) is 49.2 Å². The van der Waals surface area contributed by atoms with E-state index in [-0.39, 0.29) is 12.1 Å². The molecule has 0 bridgehead atoms. The van der Waals surface area contributed by atoms with E-state index in [9.17, 15) is 14.0 Å². The van der Waals surface area contributed by atoms with E-state index in [0.717, 1.165) is 48.7 Å². The van der Waals surface area contributed by atoms with Crippen LogP contribution >= 0.6 is 0 Å². The van der Waals surface area contributed by atoms with Crippen molar-refractivity contribution < 1.29 is 38.0 Å². The zero-order valence-corrected chi connectivity index (χ0v) is 25.1. The molecule has 0 radical (unpaired) electrons. The summed E-state index contributed by atoms with van der Waals surface area (Å²) in [6.07, 6.45) is 9.91. The lowest BCUT2D eigenvalue weighted by molar-refractivity contribution is -0.237. The van der Waals surface area contributed by atoms with Crippen molar-refractivity contribution in [1.29, 1.82) is 0 Å². The first kappa shape index (κ1) is 33.7. The summed E-state index contributed by atoms with van der Waals surface area (Å²) < 4.78 is 28.3. The Labute approximate surface area is 258 Å². The molecule has 0 fully saturated rings. The summed E-state index contributed by atoms with van der Waals surface area (Å²) in [6, 6.07) is 21.1. The van der Waals surface area contributed by atoms with Crippen molar-refractivity contribution in [3.8, 4) is 46.7 Å². The molecule has 0 aliphatic carbocycles. The summed E-state index contributed by atoms with van der Waals surface area (Å²) in [4.78, 5) is 34.5. The minimum absolute atomic E-state index is 0.145. The van der Waals surface area contributed by atoms with Gasteiger partial charge >= 0.3 is 11.9 Å². The van der Waals surface area contributed by atoms with Gasteiger partial charge in [-0.05, 0) is 92.3 Å². The number of hydrogen-bond acceptors (Lipinski definition) is 7. The summed E-state index contributed by atoms with van der Waals surface area (Å²) in [5.74, 6) is 4.20. The number of rotatable bonds is 17. The SMILES string of the molecule is CCCCCCC(C)OC(=O)c1ccc(OC(=O)c2ccc(-c3ccc(OCCCCOOC#CC#CF)cc3)cc2)cc1. The first-order valence-electron chi connectivity index (χ1n) is 14.8. The highest BCUT2D eigenvalue weighted by molar-refractivity contribution is 5.92. The molecule has 230 valence electrons. The van der Waals surface area contributed by atoms with Crippen LogP contribution in [0.15, 0.2) is 72.8 Å². The zero-order valence-electron chi connectivity index (χ0n) is 25.1. The number of halogens is 1. The summed E-state index contributed by atoms with van der Waals surface area (Å²) in [6.45, 7) is 4.90. The van der Waals surface area contributed by atoms with Crippen LogP contribution in [0.3, 0.4) is 0 Å². The molecule has 0 saturated heterocycles. The monoisotopic (exact) mass is 600 g/mol. The minimum Gasteiger partial charge on any atom is -0.494 e. The number of hydrogen-bond donors (Lipinski definition) is 0. The van der Waals surface area contributed by atoms with Crippen LogP contribution in [0.2, 0.25) is 0 Å². The topological polar surface area (TPSA) is 80.3 Å². The Bertz CT molecular complexity index is 1430. The van der Waals surface area contributed by atoms with E-state index in [1.54, 1.807) is 36.4 Å². The van der Waals surface area contributed by atoms with Crippen LogP contribution in [-0.2, 0) is 14.5 Å². The lowest BCUT2D eigenvalue weighted by atomic mass is 10.0. The van der Waals surface area contributed by atoms with Gasteiger partial charge in [0.05, 0.1) is 30.4 Å². The number of benzene rings is 3. The van der Waals surface area contributed by atoms with Crippen molar-refractivity contribution in [2.45, 2.75) is 64.9 Å². The molecule has 0 N–H and O–H groups in total. The highest BCUT2D eigenvalue weighted by atomic mass is 19.1. The molecule has 3 aromatic rings. The number of ether oxygens (including phenoxy) is 3. The average molecular weight is 601 g/mol. The van der Waals surface area contributed by atoms with Gasteiger partial charge in [0.2, 0.25) is 0 Å². The van der Waals surface area contributed by atoms with Gasteiger partial charge in [-0.2, -0.15) is 4.89 Å². The molecule has 1 atom stereocenters. The number of esters is 2. The van der Waals surface area contributed by atoms with Crippen LogP contribution in [0.4, 0.5) is 4.39 Å². The third-order valence-corrected chi connectivity index (χ3v) is 6.53. The van der Waals surface area contributed by atoms with Crippen molar-refractivity contribution in [1.82, 2.24) is 0 Å². The van der Waals surface area contributed by atoms with Crippen molar-refractivity contribution in [2.75, 3.05) is 13.2 Å². The minimum atomic E-state index is -0.493. The first-order chi connectivity index (χ1) is 21.5. The molecule has 0 saturated carbocycles. The second kappa shape index (κ2) is 19.4. The summed E-state index contributed by atoms with van der Waals surface area (Å²) in [7, 11) is 0. The molecule has 44 heavy (non-hydrogen) atoms. The van der Waals surface area contributed by atoms with Crippen LogP contribution in [0.1, 0.15) is 79.5 Å². The second-order valence-corrected chi connectivity index (χ2v) is 9.99. The summed E-state index contributed by atoms with van der Waals surface area (Å²) >= 11 is 0. The Morgan fingerprint density at radius 2 is 1.34 bits per heavy atom. The summed E-state index contributed by atoms with van der Waals surface area (Å²) in [5.41, 5.74) is 2.73. The van der Waals surface area contributed by atoms with E-state index in [2.05, 4.69) is 23.8 Å². The van der Waals surface area contributed by atoms with Gasteiger partial charge in [0, 0.05) is 11.8 Å². The normalized spacial score (nSPS) is 10.8. The lowest BCUT2D eigenvalue weighted by Crippen LogP contribution is -2.15. The Morgan fingerprint density at radius 3 is 2.02 bits per heavy atom. The maximum absolute atomic E-state index is 12.7. The van der Waals surface area contributed by atoms with Crippen molar-refractivity contribution in [2.24, 2.45) is 0 Å². The molecule has 0 amide bonds. The van der Waals surface area contributed by atoms with E-state index in [4.69, 9.17) is 19.1 Å². The van der Waals surface area contributed by atoms with Crippen LogP contribution in [0, 0.1) is 24.1 Å². The maximum Gasteiger partial charge on any atom is 0.343 e. The highest BCUT2D eigenvalue weighted by Crippen LogP contribution is 2.24. The predicted molar refractivity (Wildman–Crippen MR) is 165 cm³/mol. The van der Waals surface area contributed by atoms with Gasteiger partial charge in [-0.15, -0.1) is 4.39 Å². The number of carbonyl (C=O) groups is 2. The van der Waals surface area contributed by atoms with Gasteiger partial charge < -0.3 is 14.2 Å². The molecule has 0 spiro atoms. The molecule has 3 rings (SSSR count). The van der Waals surface area contributed by atoms with E-state index in [0.29, 0.717) is 36.5 Å². The fourth-order valence-electron chi connectivity index (χ4n) is 4.13. The van der Waals surface area contributed by atoms with Gasteiger partial charge in [-0.3, -0.25) is 4.89 Å². The molecule has 0 heterocycles. The fraction of sp³-hybridized carbons (Fsp3) is 0.333. The molecule has 7 nitrogen and oxygen atoms in total. The van der Waals surface area contributed by atoms with Crippen molar-refractivity contribution in [3.05, 3.63) is 83.9 Å². The largest absolute Gasteiger partial charge is 0.494 e.